The van der Waals surface area contributed by atoms with Gasteiger partial charge >= 0.3 is 6.36 Å². The second-order valence-corrected chi connectivity index (χ2v) is 7.18. The standard InChI is InChI=1S/C22H21F3N2O5/c1-12-17(19(29)11-28)10-18(27-20(12)21(26)30)13-5-7-14(8-6-13)31-15-3-2-4-16(9-15)32-22(23,24)25/h2-10,12,17,19,28-29H,11H2,1H3,(H2,26,30). The number of amides is 1. The predicted octanol–water partition coefficient (Wildman–Crippen LogP) is 3.26. The van der Waals surface area contributed by atoms with Crippen molar-refractivity contribution in [1.29, 1.82) is 0 Å². The Hall–Kier alpha value is -3.37. The van der Waals surface area contributed by atoms with Gasteiger partial charge in [-0.1, -0.05) is 19.1 Å². The molecule has 10 heteroatoms. The van der Waals surface area contributed by atoms with E-state index in [0.717, 1.165) is 12.1 Å². The molecular weight excluding hydrogens is 429 g/mol. The first-order chi connectivity index (χ1) is 15.1. The Labute approximate surface area is 181 Å². The lowest BCUT2D eigenvalue weighted by Gasteiger charge is -2.29. The van der Waals surface area contributed by atoms with Gasteiger partial charge in [-0.3, -0.25) is 4.79 Å². The minimum Gasteiger partial charge on any atom is -0.457 e. The van der Waals surface area contributed by atoms with Crippen LogP contribution in [0.4, 0.5) is 13.2 Å². The van der Waals surface area contributed by atoms with Gasteiger partial charge in [0.15, 0.2) is 0 Å². The molecular formula is C22H21F3N2O5. The van der Waals surface area contributed by atoms with Gasteiger partial charge in [-0.15, -0.1) is 13.2 Å². The van der Waals surface area contributed by atoms with Crippen LogP contribution in [0.3, 0.4) is 0 Å². The van der Waals surface area contributed by atoms with E-state index < -0.39 is 42.6 Å². The van der Waals surface area contributed by atoms with Gasteiger partial charge in [0.25, 0.3) is 5.91 Å². The minimum absolute atomic E-state index is 0.0850. The lowest BCUT2D eigenvalue weighted by Crippen LogP contribution is -2.40. The lowest BCUT2D eigenvalue weighted by atomic mass is 9.82. The van der Waals surface area contributed by atoms with Crippen LogP contribution >= 0.6 is 0 Å². The number of aliphatic imine (C=N–C) groups is 1. The highest BCUT2D eigenvalue weighted by Crippen LogP contribution is 2.33. The highest BCUT2D eigenvalue weighted by Gasteiger charge is 2.33. The summed E-state index contributed by atoms with van der Waals surface area (Å²) in [5.74, 6) is -1.69. The molecule has 1 amide bonds. The highest BCUT2D eigenvalue weighted by atomic mass is 19.4. The molecule has 3 unspecified atom stereocenters. The van der Waals surface area contributed by atoms with Crippen LogP contribution in [0.1, 0.15) is 12.5 Å². The van der Waals surface area contributed by atoms with Gasteiger partial charge in [0.1, 0.15) is 23.0 Å². The maximum Gasteiger partial charge on any atom is 0.573 e. The van der Waals surface area contributed by atoms with Gasteiger partial charge in [0.2, 0.25) is 0 Å². The molecule has 7 nitrogen and oxygen atoms in total. The van der Waals surface area contributed by atoms with E-state index in [0.29, 0.717) is 17.0 Å². The van der Waals surface area contributed by atoms with Crippen LogP contribution in [0.2, 0.25) is 0 Å². The van der Waals surface area contributed by atoms with Crippen LogP contribution < -0.4 is 15.2 Å². The third-order valence-corrected chi connectivity index (χ3v) is 4.91. The SMILES string of the molecule is CC1C(C(N)=O)=NC(c2ccc(Oc3cccc(OC(F)(F)F)c3)cc2)=CC1C(O)CO. The number of hydrogen-bond donors (Lipinski definition) is 3. The number of carbonyl (C=O) groups excluding carboxylic acids is 1. The smallest absolute Gasteiger partial charge is 0.457 e. The van der Waals surface area contributed by atoms with Gasteiger partial charge in [-0.2, -0.15) is 0 Å². The highest BCUT2D eigenvalue weighted by molar-refractivity contribution is 6.40. The van der Waals surface area contributed by atoms with Gasteiger partial charge in [-0.25, -0.2) is 4.99 Å². The van der Waals surface area contributed by atoms with E-state index in [1.54, 1.807) is 37.3 Å². The summed E-state index contributed by atoms with van der Waals surface area (Å²) in [4.78, 5) is 16.1. The molecule has 3 rings (SSSR count). The number of nitrogens with two attached hydrogens (primary N) is 1. The molecule has 4 N–H and O–H groups in total. The van der Waals surface area contributed by atoms with Crippen molar-refractivity contribution >= 4 is 17.3 Å². The largest absolute Gasteiger partial charge is 0.573 e. The van der Waals surface area contributed by atoms with Crippen molar-refractivity contribution in [3.05, 3.63) is 60.2 Å². The summed E-state index contributed by atoms with van der Waals surface area (Å²) in [6.45, 7) is 1.20. The molecule has 0 bridgehead atoms. The molecule has 170 valence electrons. The van der Waals surface area contributed by atoms with Gasteiger partial charge < -0.3 is 25.4 Å². The molecule has 0 saturated carbocycles. The Kier molecular flexibility index (Phi) is 6.85. The summed E-state index contributed by atoms with van der Waals surface area (Å²) in [5, 5.41) is 19.4. The first-order valence-electron chi connectivity index (χ1n) is 9.60. The van der Waals surface area contributed by atoms with Crippen LogP contribution in [-0.4, -0.2) is 40.9 Å². The molecule has 3 atom stereocenters. The Bertz CT molecular complexity index is 1030. The number of benzene rings is 2. The fourth-order valence-electron chi connectivity index (χ4n) is 3.35. The van der Waals surface area contributed by atoms with E-state index in [-0.39, 0.29) is 11.5 Å². The molecule has 1 heterocycles. The van der Waals surface area contributed by atoms with Crippen LogP contribution in [0, 0.1) is 11.8 Å². The van der Waals surface area contributed by atoms with E-state index in [1.165, 1.54) is 12.1 Å². The van der Waals surface area contributed by atoms with E-state index in [4.69, 9.17) is 10.5 Å². The number of ether oxygens (including phenoxy) is 2. The van der Waals surface area contributed by atoms with E-state index in [2.05, 4.69) is 9.73 Å². The van der Waals surface area contributed by atoms with Crippen molar-refractivity contribution < 1.29 is 37.7 Å². The van der Waals surface area contributed by atoms with Crippen molar-refractivity contribution in [2.45, 2.75) is 19.4 Å². The summed E-state index contributed by atoms with van der Waals surface area (Å²) in [6, 6.07) is 11.5. The molecule has 2 aromatic carbocycles. The molecule has 0 aromatic heterocycles. The van der Waals surface area contributed by atoms with Crippen LogP contribution in [0.5, 0.6) is 17.2 Å². The molecule has 0 radical (unpaired) electrons. The monoisotopic (exact) mass is 450 g/mol. The maximum atomic E-state index is 12.4. The van der Waals surface area contributed by atoms with Crippen molar-refractivity contribution in [1.82, 2.24) is 0 Å². The zero-order valence-electron chi connectivity index (χ0n) is 16.9. The molecule has 2 aromatic rings. The zero-order valence-corrected chi connectivity index (χ0v) is 16.9. The summed E-state index contributed by atoms with van der Waals surface area (Å²) < 4.78 is 46.6. The topological polar surface area (TPSA) is 114 Å². The average Bonchev–Trinajstić information content (AvgIpc) is 2.73. The van der Waals surface area contributed by atoms with Crippen LogP contribution in [0.25, 0.3) is 5.70 Å². The van der Waals surface area contributed by atoms with Crippen molar-refractivity contribution in [3.63, 3.8) is 0 Å². The van der Waals surface area contributed by atoms with E-state index in [9.17, 15) is 28.2 Å². The quantitative estimate of drug-likeness (QED) is 0.599. The number of rotatable bonds is 7. The number of alkyl halides is 3. The fourth-order valence-corrected chi connectivity index (χ4v) is 3.35. The molecule has 1 aliphatic heterocycles. The van der Waals surface area contributed by atoms with Gasteiger partial charge in [0, 0.05) is 23.5 Å². The summed E-state index contributed by atoms with van der Waals surface area (Å²) >= 11 is 0. The number of halogens is 3. The number of hydrogen-bond acceptors (Lipinski definition) is 6. The third-order valence-electron chi connectivity index (χ3n) is 4.91. The maximum absolute atomic E-state index is 12.4. The van der Waals surface area contributed by atoms with Crippen LogP contribution in [0.15, 0.2) is 59.6 Å². The van der Waals surface area contributed by atoms with E-state index >= 15 is 0 Å². The molecule has 0 spiro atoms. The molecule has 0 aliphatic carbocycles. The Morgan fingerprint density at radius 2 is 1.81 bits per heavy atom. The normalized spacial score (nSPS) is 19.6. The Morgan fingerprint density at radius 1 is 1.16 bits per heavy atom. The molecule has 1 aliphatic rings. The molecule has 32 heavy (non-hydrogen) atoms. The van der Waals surface area contributed by atoms with Crippen molar-refractivity contribution in [2.24, 2.45) is 22.6 Å². The van der Waals surface area contributed by atoms with Crippen molar-refractivity contribution in [2.75, 3.05) is 6.61 Å². The predicted molar refractivity (Wildman–Crippen MR) is 110 cm³/mol. The number of nitrogens with zero attached hydrogens (tertiary/aromatic N) is 1. The number of primary amides is 1. The second-order valence-electron chi connectivity index (χ2n) is 7.18. The Morgan fingerprint density at radius 3 is 2.41 bits per heavy atom. The third kappa shape index (κ3) is 5.65. The minimum atomic E-state index is -4.81. The lowest BCUT2D eigenvalue weighted by molar-refractivity contribution is -0.274. The first kappa shape index (κ1) is 23.3. The van der Waals surface area contributed by atoms with Gasteiger partial charge in [-0.05, 0) is 36.4 Å². The number of aliphatic hydroxyl groups excluding tert-OH is 2. The zero-order chi connectivity index (χ0) is 23.5. The van der Waals surface area contributed by atoms with Crippen molar-refractivity contribution in [3.8, 4) is 17.2 Å². The van der Waals surface area contributed by atoms with E-state index in [1.807, 2.05) is 0 Å². The average molecular weight is 450 g/mol. The number of aliphatic hydroxyl groups is 2. The van der Waals surface area contributed by atoms with Gasteiger partial charge in [0.05, 0.1) is 18.4 Å². The molecule has 0 fully saturated rings. The van der Waals surface area contributed by atoms with Crippen LogP contribution in [-0.2, 0) is 4.79 Å². The first-order valence-corrected chi connectivity index (χ1v) is 9.60. The molecule has 0 saturated heterocycles. The summed E-state index contributed by atoms with van der Waals surface area (Å²) in [6.07, 6.45) is -4.25. The Balaban J connectivity index is 1.82. The summed E-state index contributed by atoms with van der Waals surface area (Å²) in [5.41, 5.74) is 6.49. The number of carbonyl (C=O) groups is 1. The second kappa shape index (κ2) is 9.41. The summed E-state index contributed by atoms with van der Waals surface area (Å²) in [7, 11) is 0. The fraction of sp³-hybridized carbons (Fsp3) is 0.273.